The standard InChI is InChI=1S/C15H21NO3S/c17-15(12-4-9-18-10-5-12)16-6-3-14(20-11-7-16)13-2-1-8-19-13/h1-2,8,12,14H,3-7,9-11H2/t14-/m0/s1. The Hall–Kier alpha value is -0.940. The first-order chi connectivity index (χ1) is 9.84. The zero-order chi connectivity index (χ0) is 13.8. The van der Waals surface area contributed by atoms with Gasteiger partial charge in [-0.05, 0) is 31.4 Å². The SMILES string of the molecule is O=C(C1CCOCC1)N1CCS[C@H](c2ccco2)CC1. The summed E-state index contributed by atoms with van der Waals surface area (Å²) >= 11 is 1.90. The van der Waals surface area contributed by atoms with Crippen LogP contribution in [0.25, 0.3) is 0 Å². The second-order valence-corrected chi connectivity index (χ2v) is 6.69. The summed E-state index contributed by atoms with van der Waals surface area (Å²) in [6, 6.07) is 3.97. The molecule has 1 amide bonds. The Kier molecular flexibility index (Phi) is 4.68. The van der Waals surface area contributed by atoms with Crippen LogP contribution in [0.4, 0.5) is 0 Å². The molecule has 0 unspecified atom stereocenters. The number of thioether (sulfide) groups is 1. The van der Waals surface area contributed by atoms with Gasteiger partial charge in [0.25, 0.3) is 0 Å². The minimum absolute atomic E-state index is 0.175. The Morgan fingerprint density at radius 2 is 2.10 bits per heavy atom. The summed E-state index contributed by atoms with van der Waals surface area (Å²) in [7, 11) is 0. The van der Waals surface area contributed by atoms with E-state index in [4.69, 9.17) is 9.15 Å². The number of furan rings is 1. The molecule has 1 aromatic rings. The number of amides is 1. The van der Waals surface area contributed by atoms with Crippen LogP contribution in [0.3, 0.4) is 0 Å². The highest BCUT2D eigenvalue weighted by atomic mass is 32.2. The van der Waals surface area contributed by atoms with E-state index in [0.717, 1.165) is 57.1 Å². The average molecular weight is 295 g/mol. The lowest BCUT2D eigenvalue weighted by Gasteiger charge is -2.28. The monoisotopic (exact) mass is 295 g/mol. The van der Waals surface area contributed by atoms with Crippen LogP contribution < -0.4 is 0 Å². The molecule has 3 rings (SSSR count). The lowest BCUT2D eigenvalue weighted by atomic mass is 9.98. The van der Waals surface area contributed by atoms with Gasteiger partial charge < -0.3 is 14.1 Å². The Morgan fingerprint density at radius 3 is 2.85 bits per heavy atom. The van der Waals surface area contributed by atoms with Crippen molar-refractivity contribution < 1.29 is 13.9 Å². The quantitative estimate of drug-likeness (QED) is 0.841. The van der Waals surface area contributed by atoms with E-state index >= 15 is 0 Å². The molecule has 0 aliphatic carbocycles. The first-order valence-electron chi connectivity index (χ1n) is 7.36. The molecule has 1 aromatic heterocycles. The van der Waals surface area contributed by atoms with Crippen molar-refractivity contribution >= 4 is 17.7 Å². The summed E-state index contributed by atoms with van der Waals surface area (Å²) in [4.78, 5) is 14.6. The van der Waals surface area contributed by atoms with E-state index in [1.54, 1.807) is 6.26 Å². The van der Waals surface area contributed by atoms with Gasteiger partial charge in [0.15, 0.2) is 0 Å². The van der Waals surface area contributed by atoms with E-state index in [2.05, 4.69) is 0 Å². The van der Waals surface area contributed by atoms with Crippen LogP contribution in [0.2, 0.25) is 0 Å². The molecule has 0 N–H and O–H groups in total. The lowest BCUT2D eigenvalue weighted by Crippen LogP contribution is -2.39. The topological polar surface area (TPSA) is 42.7 Å². The molecule has 0 radical (unpaired) electrons. The Balaban J connectivity index is 1.57. The number of hydrogen-bond acceptors (Lipinski definition) is 4. The summed E-state index contributed by atoms with van der Waals surface area (Å²) in [5, 5.41) is 0.387. The fraction of sp³-hybridized carbons (Fsp3) is 0.667. The molecule has 1 atom stereocenters. The zero-order valence-electron chi connectivity index (χ0n) is 11.6. The largest absolute Gasteiger partial charge is 0.468 e. The minimum Gasteiger partial charge on any atom is -0.468 e. The summed E-state index contributed by atoms with van der Waals surface area (Å²) < 4.78 is 10.8. The number of nitrogens with zero attached hydrogens (tertiary/aromatic N) is 1. The maximum Gasteiger partial charge on any atom is 0.225 e. The lowest BCUT2D eigenvalue weighted by molar-refractivity contribution is -0.138. The van der Waals surface area contributed by atoms with Crippen molar-refractivity contribution in [3.05, 3.63) is 24.2 Å². The van der Waals surface area contributed by atoms with E-state index in [-0.39, 0.29) is 5.92 Å². The molecule has 3 heterocycles. The third-order valence-corrected chi connectivity index (χ3v) is 5.37. The number of ether oxygens (including phenoxy) is 1. The van der Waals surface area contributed by atoms with Gasteiger partial charge in [-0.15, -0.1) is 11.8 Å². The van der Waals surface area contributed by atoms with Crippen molar-refractivity contribution in [2.45, 2.75) is 24.5 Å². The van der Waals surface area contributed by atoms with E-state index in [1.807, 2.05) is 28.8 Å². The highest BCUT2D eigenvalue weighted by molar-refractivity contribution is 7.99. The van der Waals surface area contributed by atoms with Crippen molar-refractivity contribution in [2.75, 3.05) is 32.1 Å². The highest BCUT2D eigenvalue weighted by Gasteiger charge is 2.29. The van der Waals surface area contributed by atoms with Gasteiger partial charge in [-0.2, -0.15) is 0 Å². The predicted octanol–water partition coefficient (Wildman–Crippen LogP) is 2.71. The fourth-order valence-electron chi connectivity index (χ4n) is 2.90. The van der Waals surface area contributed by atoms with Crippen molar-refractivity contribution in [1.82, 2.24) is 4.90 Å². The maximum absolute atomic E-state index is 12.5. The molecular formula is C15H21NO3S. The zero-order valence-corrected chi connectivity index (χ0v) is 12.4. The number of rotatable bonds is 2. The molecule has 0 spiro atoms. The van der Waals surface area contributed by atoms with Crippen LogP contribution in [-0.4, -0.2) is 42.9 Å². The van der Waals surface area contributed by atoms with Crippen molar-refractivity contribution in [2.24, 2.45) is 5.92 Å². The number of hydrogen-bond donors (Lipinski definition) is 0. The minimum atomic E-state index is 0.175. The molecule has 2 aliphatic heterocycles. The second-order valence-electron chi connectivity index (χ2n) is 5.38. The van der Waals surface area contributed by atoms with Crippen LogP contribution in [0.15, 0.2) is 22.8 Å². The van der Waals surface area contributed by atoms with E-state index in [0.29, 0.717) is 11.2 Å². The molecule has 2 saturated heterocycles. The van der Waals surface area contributed by atoms with Crippen molar-refractivity contribution in [1.29, 1.82) is 0 Å². The predicted molar refractivity (Wildman–Crippen MR) is 78.6 cm³/mol. The molecule has 20 heavy (non-hydrogen) atoms. The van der Waals surface area contributed by atoms with Crippen LogP contribution >= 0.6 is 11.8 Å². The van der Waals surface area contributed by atoms with Crippen molar-refractivity contribution in [3.63, 3.8) is 0 Å². The third kappa shape index (κ3) is 3.20. The van der Waals surface area contributed by atoms with Gasteiger partial charge >= 0.3 is 0 Å². The summed E-state index contributed by atoms with van der Waals surface area (Å²) in [6.45, 7) is 3.16. The highest BCUT2D eigenvalue weighted by Crippen LogP contribution is 2.35. The van der Waals surface area contributed by atoms with Gasteiger partial charge in [0.1, 0.15) is 5.76 Å². The van der Waals surface area contributed by atoms with E-state index in [9.17, 15) is 4.79 Å². The second kappa shape index (κ2) is 6.68. The first-order valence-corrected chi connectivity index (χ1v) is 8.41. The fourth-order valence-corrected chi connectivity index (χ4v) is 4.08. The molecule has 2 fully saturated rings. The number of carbonyl (C=O) groups excluding carboxylic acids is 1. The smallest absolute Gasteiger partial charge is 0.225 e. The Bertz CT molecular complexity index is 428. The maximum atomic E-state index is 12.5. The summed E-state index contributed by atoms with van der Waals surface area (Å²) in [5.41, 5.74) is 0. The molecule has 4 nitrogen and oxygen atoms in total. The summed E-state index contributed by atoms with van der Waals surface area (Å²) in [5.74, 6) is 2.53. The Labute approximate surface area is 123 Å². The number of carbonyl (C=O) groups is 1. The van der Waals surface area contributed by atoms with Crippen LogP contribution in [0.5, 0.6) is 0 Å². The van der Waals surface area contributed by atoms with Gasteiger partial charge in [0.05, 0.1) is 11.5 Å². The van der Waals surface area contributed by atoms with Gasteiger partial charge in [0.2, 0.25) is 5.91 Å². The normalized spacial score (nSPS) is 25.4. The van der Waals surface area contributed by atoms with Crippen LogP contribution in [0.1, 0.15) is 30.3 Å². The average Bonchev–Trinajstić information content (AvgIpc) is 2.92. The van der Waals surface area contributed by atoms with E-state index in [1.165, 1.54) is 0 Å². The molecule has 2 aliphatic rings. The summed E-state index contributed by atoms with van der Waals surface area (Å²) in [6.07, 6.45) is 4.47. The van der Waals surface area contributed by atoms with Crippen molar-refractivity contribution in [3.8, 4) is 0 Å². The molecule has 0 aromatic carbocycles. The third-order valence-electron chi connectivity index (χ3n) is 4.08. The molecular weight excluding hydrogens is 274 g/mol. The van der Waals surface area contributed by atoms with Gasteiger partial charge in [-0.1, -0.05) is 0 Å². The van der Waals surface area contributed by atoms with E-state index < -0.39 is 0 Å². The molecule has 110 valence electrons. The molecule has 0 saturated carbocycles. The van der Waals surface area contributed by atoms with Gasteiger partial charge in [-0.3, -0.25) is 4.79 Å². The van der Waals surface area contributed by atoms with Gasteiger partial charge in [-0.25, -0.2) is 0 Å². The first kappa shape index (κ1) is 14.0. The van der Waals surface area contributed by atoms with Crippen LogP contribution in [-0.2, 0) is 9.53 Å². The van der Waals surface area contributed by atoms with Crippen LogP contribution in [0, 0.1) is 5.92 Å². The molecule has 0 bridgehead atoms. The Morgan fingerprint density at radius 1 is 1.25 bits per heavy atom. The molecule has 5 heteroatoms. The van der Waals surface area contributed by atoms with Gasteiger partial charge in [0, 0.05) is 38.0 Å².